The van der Waals surface area contributed by atoms with Crippen molar-refractivity contribution in [2.75, 3.05) is 0 Å². The van der Waals surface area contributed by atoms with Crippen molar-refractivity contribution in [2.45, 2.75) is 46.6 Å². The number of thiocyanates is 1. The van der Waals surface area contributed by atoms with E-state index in [1.54, 1.807) is 0 Å². The number of nitriles is 1. The summed E-state index contributed by atoms with van der Waals surface area (Å²) in [5.74, 6) is 0.521. The van der Waals surface area contributed by atoms with Crippen LogP contribution in [0, 0.1) is 22.0 Å². The zero-order valence-corrected chi connectivity index (χ0v) is 12.0. The SMILES string of the molecule is CC1=CCCC(C)(C)C1C=CC(C)NSC#N. The first kappa shape index (κ1) is 14.3. The molecular formula is C14H22N2S. The average molecular weight is 250 g/mol. The topological polar surface area (TPSA) is 35.8 Å². The Labute approximate surface area is 109 Å². The molecule has 0 saturated carbocycles. The van der Waals surface area contributed by atoms with E-state index in [9.17, 15) is 0 Å². The van der Waals surface area contributed by atoms with Crippen molar-refractivity contribution in [2.24, 2.45) is 11.3 Å². The van der Waals surface area contributed by atoms with Crippen molar-refractivity contribution in [3.8, 4) is 5.40 Å². The van der Waals surface area contributed by atoms with Gasteiger partial charge in [0.05, 0.1) is 0 Å². The van der Waals surface area contributed by atoms with Crippen molar-refractivity contribution in [1.82, 2.24) is 4.72 Å². The highest BCUT2D eigenvalue weighted by Gasteiger charge is 2.30. The minimum Gasteiger partial charge on any atom is -0.245 e. The molecule has 0 aromatic rings. The van der Waals surface area contributed by atoms with Crippen LogP contribution in [0.4, 0.5) is 0 Å². The first-order valence-corrected chi connectivity index (χ1v) is 6.94. The zero-order chi connectivity index (χ0) is 12.9. The summed E-state index contributed by atoms with van der Waals surface area (Å²) in [5.41, 5.74) is 1.81. The monoisotopic (exact) mass is 250 g/mol. The van der Waals surface area contributed by atoms with E-state index in [0.29, 0.717) is 11.3 Å². The molecule has 0 aliphatic heterocycles. The molecular weight excluding hydrogens is 228 g/mol. The highest BCUT2D eigenvalue weighted by molar-refractivity contribution is 8.01. The van der Waals surface area contributed by atoms with Gasteiger partial charge in [0.15, 0.2) is 0 Å². The minimum absolute atomic E-state index is 0.227. The molecule has 1 aliphatic carbocycles. The van der Waals surface area contributed by atoms with E-state index in [1.165, 1.54) is 18.4 Å². The second kappa shape index (κ2) is 6.28. The van der Waals surface area contributed by atoms with Crippen LogP contribution in [0.1, 0.15) is 40.5 Å². The molecule has 1 N–H and O–H groups in total. The van der Waals surface area contributed by atoms with Crippen LogP contribution in [0.15, 0.2) is 23.8 Å². The highest BCUT2D eigenvalue weighted by Crippen LogP contribution is 2.41. The molecule has 2 atom stereocenters. The van der Waals surface area contributed by atoms with E-state index >= 15 is 0 Å². The van der Waals surface area contributed by atoms with Crippen LogP contribution >= 0.6 is 11.9 Å². The Balaban J connectivity index is 2.65. The van der Waals surface area contributed by atoms with Gasteiger partial charge < -0.3 is 0 Å². The molecule has 1 rings (SSSR count). The third-order valence-electron chi connectivity index (χ3n) is 3.47. The number of nitrogens with one attached hydrogen (secondary N) is 1. The fraction of sp³-hybridized carbons (Fsp3) is 0.643. The summed E-state index contributed by atoms with van der Waals surface area (Å²) in [6.07, 6.45) is 9.25. The molecule has 0 aromatic heterocycles. The van der Waals surface area contributed by atoms with Crippen molar-refractivity contribution in [3.05, 3.63) is 23.8 Å². The lowest BCUT2D eigenvalue weighted by atomic mass is 9.68. The van der Waals surface area contributed by atoms with Crippen molar-refractivity contribution in [3.63, 3.8) is 0 Å². The Morgan fingerprint density at radius 3 is 2.94 bits per heavy atom. The van der Waals surface area contributed by atoms with Crippen LogP contribution in [0.25, 0.3) is 0 Å². The molecule has 2 nitrogen and oxygen atoms in total. The quantitative estimate of drug-likeness (QED) is 0.465. The summed E-state index contributed by atoms with van der Waals surface area (Å²) in [7, 11) is 0. The van der Waals surface area contributed by atoms with E-state index in [4.69, 9.17) is 5.26 Å². The fourth-order valence-electron chi connectivity index (χ4n) is 2.42. The Morgan fingerprint density at radius 1 is 1.65 bits per heavy atom. The van der Waals surface area contributed by atoms with Gasteiger partial charge in [-0.2, -0.15) is 5.26 Å². The molecule has 0 fully saturated rings. The lowest BCUT2D eigenvalue weighted by molar-refractivity contribution is 0.255. The largest absolute Gasteiger partial charge is 0.245 e. The van der Waals surface area contributed by atoms with Gasteiger partial charge in [-0.05, 0) is 32.1 Å². The predicted octanol–water partition coefficient (Wildman–Crippen LogP) is 4.03. The normalized spacial score (nSPS) is 25.4. The summed E-state index contributed by atoms with van der Waals surface area (Å²) in [5, 5.41) is 10.5. The van der Waals surface area contributed by atoms with Gasteiger partial charge in [0.1, 0.15) is 5.40 Å². The smallest absolute Gasteiger partial charge is 0.149 e. The maximum Gasteiger partial charge on any atom is 0.149 e. The summed E-state index contributed by atoms with van der Waals surface area (Å²) in [6, 6.07) is 0.227. The number of rotatable bonds is 4. The molecule has 0 amide bonds. The number of hydrogen-bond donors (Lipinski definition) is 1. The molecule has 0 bridgehead atoms. The first-order valence-electron chi connectivity index (χ1n) is 6.13. The Hall–Kier alpha value is -0.720. The fourth-order valence-corrected chi connectivity index (χ4v) is 2.74. The Bertz CT molecular complexity index is 350. The molecule has 1 aliphatic rings. The van der Waals surface area contributed by atoms with Crippen LogP contribution in [0.3, 0.4) is 0 Å². The average Bonchev–Trinajstić information content (AvgIpc) is 2.24. The Kier molecular flexibility index (Phi) is 5.30. The second-order valence-corrected chi connectivity index (χ2v) is 6.06. The standard InChI is InChI=1S/C14H22N2S/c1-11-6-5-9-14(3,4)13(11)8-7-12(2)16-17-10-15/h6-8,12-13,16H,5,9H2,1-4H3. The molecule has 0 heterocycles. The van der Waals surface area contributed by atoms with E-state index in [1.807, 2.05) is 5.40 Å². The second-order valence-electron chi connectivity index (χ2n) is 5.44. The van der Waals surface area contributed by atoms with Crippen molar-refractivity contribution in [1.29, 1.82) is 5.26 Å². The Morgan fingerprint density at radius 2 is 2.35 bits per heavy atom. The van der Waals surface area contributed by atoms with Gasteiger partial charge in [-0.1, -0.05) is 37.6 Å². The van der Waals surface area contributed by atoms with Gasteiger partial charge in [-0.15, -0.1) is 0 Å². The van der Waals surface area contributed by atoms with Gasteiger partial charge >= 0.3 is 0 Å². The van der Waals surface area contributed by atoms with E-state index < -0.39 is 0 Å². The highest BCUT2D eigenvalue weighted by atomic mass is 32.2. The molecule has 0 saturated heterocycles. The van der Waals surface area contributed by atoms with Gasteiger partial charge in [0.25, 0.3) is 0 Å². The maximum atomic E-state index is 8.47. The minimum atomic E-state index is 0.227. The van der Waals surface area contributed by atoms with Gasteiger partial charge in [0.2, 0.25) is 0 Å². The van der Waals surface area contributed by atoms with Crippen molar-refractivity contribution >= 4 is 11.9 Å². The summed E-state index contributed by atoms with van der Waals surface area (Å²) >= 11 is 1.09. The van der Waals surface area contributed by atoms with Crippen LogP contribution in [0.2, 0.25) is 0 Å². The molecule has 0 aromatic carbocycles. The molecule has 0 radical (unpaired) electrons. The third kappa shape index (κ3) is 4.22. The predicted molar refractivity (Wildman–Crippen MR) is 75.2 cm³/mol. The van der Waals surface area contributed by atoms with Crippen LogP contribution in [0.5, 0.6) is 0 Å². The van der Waals surface area contributed by atoms with Gasteiger partial charge in [0, 0.05) is 23.9 Å². The maximum absolute atomic E-state index is 8.47. The van der Waals surface area contributed by atoms with Crippen LogP contribution in [-0.4, -0.2) is 6.04 Å². The van der Waals surface area contributed by atoms with E-state index in [0.717, 1.165) is 11.9 Å². The number of hydrogen-bond acceptors (Lipinski definition) is 3. The van der Waals surface area contributed by atoms with E-state index in [-0.39, 0.29) is 6.04 Å². The van der Waals surface area contributed by atoms with Crippen LogP contribution < -0.4 is 4.72 Å². The molecule has 94 valence electrons. The van der Waals surface area contributed by atoms with Gasteiger partial charge in [-0.3, -0.25) is 0 Å². The summed E-state index contributed by atoms with van der Waals surface area (Å²) in [4.78, 5) is 0. The molecule has 3 heteroatoms. The molecule has 0 spiro atoms. The van der Waals surface area contributed by atoms with Crippen LogP contribution in [-0.2, 0) is 0 Å². The molecule has 2 unspecified atom stereocenters. The van der Waals surface area contributed by atoms with Crippen molar-refractivity contribution < 1.29 is 0 Å². The lowest BCUT2D eigenvalue weighted by Crippen LogP contribution is -2.27. The molecule has 17 heavy (non-hydrogen) atoms. The third-order valence-corrected chi connectivity index (χ3v) is 4.05. The zero-order valence-electron chi connectivity index (χ0n) is 11.2. The first-order chi connectivity index (χ1) is 7.97. The summed E-state index contributed by atoms with van der Waals surface area (Å²) in [6.45, 7) is 8.95. The van der Waals surface area contributed by atoms with E-state index in [2.05, 4.69) is 50.6 Å². The van der Waals surface area contributed by atoms with Gasteiger partial charge in [-0.25, -0.2) is 4.72 Å². The summed E-state index contributed by atoms with van der Waals surface area (Å²) < 4.78 is 3.06. The lowest BCUT2D eigenvalue weighted by Gasteiger charge is -2.36. The number of allylic oxidation sites excluding steroid dienone is 3. The number of nitrogens with zero attached hydrogens (tertiary/aromatic N) is 1.